The molecule has 3 heteroatoms. The second-order valence-electron chi connectivity index (χ2n) is 4.95. The largest absolute Gasteiger partial charge is 0.395 e. The smallest absolute Gasteiger partial charge is 0.0556 e. The molecule has 2 rings (SSSR count). The molecule has 1 aliphatic carbocycles. The van der Waals surface area contributed by atoms with Gasteiger partial charge in [-0.3, -0.25) is 4.90 Å². The average molecular weight is 212 g/mol. The number of hydrogen-bond acceptors (Lipinski definition) is 3. The van der Waals surface area contributed by atoms with Crippen molar-refractivity contribution in [1.82, 2.24) is 10.2 Å². The van der Waals surface area contributed by atoms with Gasteiger partial charge in [0.05, 0.1) is 6.61 Å². The number of nitrogens with one attached hydrogen (secondary N) is 1. The summed E-state index contributed by atoms with van der Waals surface area (Å²) < 4.78 is 0. The highest BCUT2D eigenvalue weighted by atomic mass is 16.3. The summed E-state index contributed by atoms with van der Waals surface area (Å²) in [5.41, 5.74) is 0. The second-order valence-corrected chi connectivity index (χ2v) is 4.95. The molecule has 0 aromatic rings. The minimum atomic E-state index is 0.264. The number of piperidine rings is 1. The molecular weight excluding hydrogens is 188 g/mol. The lowest BCUT2D eigenvalue weighted by Gasteiger charge is -2.37. The normalized spacial score (nSPS) is 29.8. The zero-order chi connectivity index (χ0) is 10.5. The first kappa shape index (κ1) is 11.4. The van der Waals surface area contributed by atoms with Gasteiger partial charge in [-0.25, -0.2) is 0 Å². The highest BCUT2D eigenvalue weighted by molar-refractivity contribution is 4.84. The molecule has 1 unspecified atom stereocenters. The summed E-state index contributed by atoms with van der Waals surface area (Å²) >= 11 is 0. The van der Waals surface area contributed by atoms with Crippen molar-refractivity contribution in [3.05, 3.63) is 0 Å². The molecule has 0 bridgehead atoms. The zero-order valence-electron chi connectivity index (χ0n) is 9.62. The number of likely N-dealkylation sites (tertiary alicyclic amines) is 1. The zero-order valence-corrected chi connectivity index (χ0v) is 9.62. The highest BCUT2D eigenvalue weighted by Gasteiger charge is 2.27. The number of aliphatic hydroxyl groups is 1. The van der Waals surface area contributed by atoms with E-state index in [9.17, 15) is 0 Å². The van der Waals surface area contributed by atoms with Gasteiger partial charge in [-0.05, 0) is 32.2 Å². The number of nitrogens with zero attached hydrogens (tertiary/aromatic N) is 1. The van der Waals surface area contributed by atoms with Crippen molar-refractivity contribution in [2.75, 3.05) is 26.2 Å². The maximum Gasteiger partial charge on any atom is 0.0556 e. The molecular formula is C12H24N2O. The Morgan fingerprint density at radius 1 is 1.13 bits per heavy atom. The van der Waals surface area contributed by atoms with Crippen LogP contribution in [0.1, 0.15) is 38.5 Å². The molecule has 3 nitrogen and oxygen atoms in total. The molecule has 0 aromatic carbocycles. The van der Waals surface area contributed by atoms with E-state index in [1.807, 2.05) is 0 Å². The second kappa shape index (κ2) is 5.83. The van der Waals surface area contributed by atoms with Crippen molar-refractivity contribution >= 4 is 0 Å². The standard InChI is InChI=1S/C12H24N2O/c15-9-7-13-11-4-3-8-14(10-11)12-5-1-2-6-12/h11-13,15H,1-10H2. The number of rotatable bonds is 4. The van der Waals surface area contributed by atoms with Crippen LogP contribution in [0.25, 0.3) is 0 Å². The topological polar surface area (TPSA) is 35.5 Å². The predicted molar refractivity (Wildman–Crippen MR) is 61.9 cm³/mol. The van der Waals surface area contributed by atoms with Crippen molar-refractivity contribution in [2.45, 2.75) is 50.6 Å². The molecule has 2 fully saturated rings. The summed E-state index contributed by atoms with van der Waals surface area (Å²) in [7, 11) is 0. The minimum Gasteiger partial charge on any atom is -0.395 e. The van der Waals surface area contributed by atoms with E-state index in [4.69, 9.17) is 5.11 Å². The quantitative estimate of drug-likeness (QED) is 0.729. The Kier molecular flexibility index (Phi) is 4.42. The van der Waals surface area contributed by atoms with Gasteiger partial charge in [-0.2, -0.15) is 0 Å². The van der Waals surface area contributed by atoms with Crippen LogP contribution in [0, 0.1) is 0 Å². The SMILES string of the molecule is OCCNC1CCCN(C2CCCC2)C1. The Hall–Kier alpha value is -0.120. The van der Waals surface area contributed by atoms with Crippen LogP contribution in [0.4, 0.5) is 0 Å². The Morgan fingerprint density at radius 2 is 1.93 bits per heavy atom. The van der Waals surface area contributed by atoms with E-state index in [-0.39, 0.29) is 6.61 Å². The first-order chi connectivity index (χ1) is 7.40. The lowest BCUT2D eigenvalue weighted by atomic mass is 10.0. The molecule has 1 saturated heterocycles. The van der Waals surface area contributed by atoms with E-state index in [1.54, 1.807) is 0 Å². The van der Waals surface area contributed by atoms with Gasteiger partial charge in [-0.15, -0.1) is 0 Å². The van der Waals surface area contributed by atoms with E-state index in [0.29, 0.717) is 6.04 Å². The van der Waals surface area contributed by atoms with Crippen LogP contribution in [-0.2, 0) is 0 Å². The monoisotopic (exact) mass is 212 g/mol. The van der Waals surface area contributed by atoms with Crippen LogP contribution in [0.15, 0.2) is 0 Å². The maximum absolute atomic E-state index is 8.80. The summed E-state index contributed by atoms with van der Waals surface area (Å²) in [5.74, 6) is 0. The Bertz CT molecular complexity index is 180. The Balaban J connectivity index is 1.75. The fourth-order valence-corrected chi connectivity index (χ4v) is 3.04. The third kappa shape index (κ3) is 3.16. The van der Waals surface area contributed by atoms with E-state index in [2.05, 4.69) is 10.2 Å². The molecule has 15 heavy (non-hydrogen) atoms. The molecule has 1 aliphatic heterocycles. The molecule has 0 amide bonds. The maximum atomic E-state index is 8.80. The third-order valence-electron chi connectivity index (χ3n) is 3.84. The molecule has 0 spiro atoms. The predicted octanol–water partition coefficient (Wildman–Crippen LogP) is 0.975. The highest BCUT2D eigenvalue weighted by Crippen LogP contribution is 2.25. The Morgan fingerprint density at radius 3 is 2.67 bits per heavy atom. The van der Waals surface area contributed by atoms with Gasteiger partial charge in [0.15, 0.2) is 0 Å². The van der Waals surface area contributed by atoms with Crippen LogP contribution in [0.5, 0.6) is 0 Å². The van der Waals surface area contributed by atoms with Crippen molar-refractivity contribution in [2.24, 2.45) is 0 Å². The molecule has 1 heterocycles. The van der Waals surface area contributed by atoms with Crippen LogP contribution in [0.2, 0.25) is 0 Å². The fourth-order valence-electron chi connectivity index (χ4n) is 3.04. The van der Waals surface area contributed by atoms with Crippen LogP contribution in [-0.4, -0.2) is 48.3 Å². The molecule has 0 radical (unpaired) electrons. The summed E-state index contributed by atoms with van der Waals surface area (Å²) in [5, 5.41) is 12.2. The summed E-state index contributed by atoms with van der Waals surface area (Å²) in [6.45, 7) is 3.51. The molecule has 88 valence electrons. The molecule has 0 aromatic heterocycles. The van der Waals surface area contributed by atoms with Gasteiger partial charge < -0.3 is 10.4 Å². The van der Waals surface area contributed by atoms with E-state index < -0.39 is 0 Å². The van der Waals surface area contributed by atoms with Crippen LogP contribution < -0.4 is 5.32 Å². The minimum absolute atomic E-state index is 0.264. The van der Waals surface area contributed by atoms with Gasteiger partial charge in [0.1, 0.15) is 0 Å². The van der Waals surface area contributed by atoms with E-state index >= 15 is 0 Å². The number of aliphatic hydroxyl groups excluding tert-OH is 1. The van der Waals surface area contributed by atoms with Gasteiger partial charge >= 0.3 is 0 Å². The molecule has 2 aliphatic rings. The molecule has 1 atom stereocenters. The number of hydrogen-bond donors (Lipinski definition) is 2. The first-order valence-electron chi connectivity index (χ1n) is 6.48. The fraction of sp³-hybridized carbons (Fsp3) is 1.00. The van der Waals surface area contributed by atoms with Crippen molar-refractivity contribution in [1.29, 1.82) is 0 Å². The average Bonchev–Trinajstić information content (AvgIpc) is 2.80. The van der Waals surface area contributed by atoms with Crippen LogP contribution >= 0.6 is 0 Å². The molecule has 2 N–H and O–H groups in total. The lowest BCUT2D eigenvalue weighted by Crippen LogP contribution is -2.49. The Labute approximate surface area is 92.8 Å². The van der Waals surface area contributed by atoms with E-state index in [0.717, 1.165) is 12.6 Å². The van der Waals surface area contributed by atoms with Crippen molar-refractivity contribution in [3.8, 4) is 0 Å². The summed E-state index contributed by atoms with van der Waals surface area (Å²) in [4.78, 5) is 2.67. The summed E-state index contributed by atoms with van der Waals surface area (Å²) in [6.07, 6.45) is 8.27. The van der Waals surface area contributed by atoms with Gasteiger partial charge in [-0.1, -0.05) is 12.8 Å². The van der Waals surface area contributed by atoms with Crippen molar-refractivity contribution < 1.29 is 5.11 Å². The lowest BCUT2D eigenvalue weighted by molar-refractivity contribution is 0.135. The first-order valence-corrected chi connectivity index (χ1v) is 6.48. The van der Waals surface area contributed by atoms with Gasteiger partial charge in [0, 0.05) is 25.2 Å². The van der Waals surface area contributed by atoms with Gasteiger partial charge in [0.25, 0.3) is 0 Å². The molecule has 1 saturated carbocycles. The van der Waals surface area contributed by atoms with Crippen LogP contribution in [0.3, 0.4) is 0 Å². The van der Waals surface area contributed by atoms with Crippen molar-refractivity contribution in [3.63, 3.8) is 0 Å². The van der Waals surface area contributed by atoms with E-state index in [1.165, 1.54) is 51.6 Å². The van der Waals surface area contributed by atoms with Gasteiger partial charge in [0.2, 0.25) is 0 Å². The summed E-state index contributed by atoms with van der Waals surface area (Å²) in [6, 6.07) is 1.48. The third-order valence-corrected chi connectivity index (χ3v) is 3.84.